The highest BCUT2D eigenvalue weighted by Crippen LogP contribution is 2.38. The molecule has 0 aromatic heterocycles. The van der Waals surface area contributed by atoms with Gasteiger partial charge in [-0.2, -0.15) is 0 Å². The van der Waals surface area contributed by atoms with Gasteiger partial charge in [-0.1, -0.05) is 98.9 Å². The summed E-state index contributed by atoms with van der Waals surface area (Å²) in [5.74, 6) is -6.83. The Bertz CT molecular complexity index is 1670. The molecule has 18 heteroatoms. The van der Waals surface area contributed by atoms with Gasteiger partial charge in [0.2, 0.25) is 0 Å². The number of carbonyl (C=O) groups is 2. The monoisotopic (exact) mass is 923 g/mol. The number of carbonyl (C=O) groups excluding carboxylic acids is 1. The van der Waals surface area contributed by atoms with Gasteiger partial charge in [0, 0.05) is 37.5 Å². The third-order valence-electron chi connectivity index (χ3n) is 12.0. The Hall–Kier alpha value is -3.44. The maximum absolute atomic E-state index is 12.6. The van der Waals surface area contributed by atoms with Gasteiger partial charge in [0.05, 0.1) is 79.6 Å². The van der Waals surface area contributed by atoms with E-state index in [9.17, 15) is 65.8 Å². The summed E-state index contributed by atoms with van der Waals surface area (Å²) in [7, 11) is 0. The molecular formula is C47H73NO17. The van der Waals surface area contributed by atoms with E-state index >= 15 is 0 Å². The molecule has 3 rings (SSSR count). The Morgan fingerprint density at radius 2 is 1.23 bits per heavy atom. The van der Waals surface area contributed by atoms with Crippen LogP contribution in [0.2, 0.25) is 0 Å². The van der Waals surface area contributed by atoms with Crippen molar-refractivity contribution in [3.8, 4) is 0 Å². The van der Waals surface area contributed by atoms with E-state index in [4.69, 9.17) is 24.7 Å². The Morgan fingerprint density at radius 3 is 1.82 bits per heavy atom. The third kappa shape index (κ3) is 18.6. The summed E-state index contributed by atoms with van der Waals surface area (Å²) >= 11 is 0. The summed E-state index contributed by atoms with van der Waals surface area (Å²) in [5.41, 5.74) is 6.02. The number of hydrogen-bond donors (Lipinski definition) is 12. The van der Waals surface area contributed by atoms with Crippen LogP contribution in [0, 0.1) is 17.8 Å². The van der Waals surface area contributed by atoms with Gasteiger partial charge >= 0.3 is 11.9 Å². The van der Waals surface area contributed by atoms with Crippen LogP contribution in [0.5, 0.6) is 0 Å². The molecule has 3 aliphatic heterocycles. The van der Waals surface area contributed by atoms with Gasteiger partial charge in [0.15, 0.2) is 12.1 Å². The van der Waals surface area contributed by atoms with Crippen LogP contribution in [-0.2, 0) is 28.5 Å². The lowest BCUT2D eigenvalue weighted by Gasteiger charge is -2.45. The number of carboxylic acid groups (broad SMARTS) is 1. The molecule has 368 valence electrons. The minimum atomic E-state index is -2.33. The van der Waals surface area contributed by atoms with Crippen molar-refractivity contribution in [2.75, 3.05) is 0 Å². The summed E-state index contributed by atoms with van der Waals surface area (Å²) in [6, 6.07) is -1.15. The highest BCUT2D eigenvalue weighted by atomic mass is 16.7. The van der Waals surface area contributed by atoms with Crippen LogP contribution in [0.1, 0.15) is 79.1 Å². The van der Waals surface area contributed by atoms with Crippen LogP contribution in [0.4, 0.5) is 0 Å². The lowest BCUT2D eigenvalue weighted by atomic mass is 9.82. The molecule has 0 amide bonds. The number of rotatable bonds is 3. The van der Waals surface area contributed by atoms with Gasteiger partial charge in [-0.25, -0.2) is 0 Å². The van der Waals surface area contributed by atoms with Gasteiger partial charge < -0.3 is 80.9 Å². The second-order valence-corrected chi connectivity index (χ2v) is 17.6. The lowest BCUT2D eigenvalue weighted by molar-refractivity contribution is -0.308. The van der Waals surface area contributed by atoms with E-state index in [2.05, 4.69) is 0 Å². The number of cyclic esters (lactones) is 1. The molecule has 65 heavy (non-hydrogen) atoms. The van der Waals surface area contributed by atoms with Crippen LogP contribution in [0.3, 0.4) is 0 Å². The molecule has 2 fully saturated rings. The summed E-state index contributed by atoms with van der Waals surface area (Å²) in [5, 5.41) is 118. The smallest absolute Gasteiger partial charge is 0.311 e. The highest BCUT2D eigenvalue weighted by molar-refractivity contribution is 5.71. The van der Waals surface area contributed by atoms with Crippen molar-refractivity contribution in [2.24, 2.45) is 23.5 Å². The molecule has 2 saturated heterocycles. The van der Waals surface area contributed by atoms with Crippen LogP contribution < -0.4 is 5.73 Å². The van der Waals surface area contributed by atoms with E-state index in [1.54, 1.807) is 80.7 Å². The van der Waals surface area contributed by atoms with Crippen molar-refractivity contribution in [3.63, 3.8) is 0 Å². The topological polar surface area (TPSA) is 320 Å². The number of nitrogens with two attached hydrogens (primary N) is 1. The summed E-state index contributed by atoms with van der Waals surface area (Å²) in [4.78, 5) is 25.1. The van der Waals surface area contributed by atoms with E-state index in [1.807, 2.05) is 19.1 Å². The number of allylic oxidation sites excluding steroid dienone is 12. The fraction of sp³-hybridized carbons (Fsp3) is 0.660. The summed E-state index contributed by atoms with van der Waals surface area (Å²) < 4.78 is 23.1. The molecular weight excluding hydrogens is 851 g/mol. The van der Waals surface area contributed by atoms with Crippen LogP contribution >= 0.6 is 0 Å². The zero-order valence-electron chi connectivity index (χ0n) is 37.6. The van der Waals surface area contributed by atoms with Crippen molar-refractivity contribution in [2.45, 2.75) is 177 Å². The maximum atomic E-state index is 12.6. The number of aliphatic hydroxyl groups excluding tert-OH is 9. The van der Waals surface area contributed by atoms with Crippen molar-refractivity contribution >= 4 is 11.9 Å². The first-order valence-electron chi connectivity index (χ1n) is 22.3. The first kappa shape index (κ1) is 55.9. The SMILES string of the molecule is CC1\C=C/C=C\C=C/C=C\C=C/C=C\C=C/C(OC2OC(C)C(O)C(N)C2O)CC2OC(O)(CC(O)CC(O)C(O)CCC(O)CC(O)CC(=O)OC(C)C(C)C1O)CC(O)C2C(=O)O. The quantitative estimate of drug-likeness (QED) is 0.174. The van der Waals surface area contributed by atoms with Gasteiger partial charge in [0.1, 0.15) is 18.1 Å². The molecule has 13 N–H and O–H groups in total. The third-order valence-corrected chi connectivity index (χ3v) is 12.0. The molecule has 0 saturated carbocycles. The lowest BCUT2D eigenvalue weighted by Crippen LogP contribution is -2.61. The first-order chi connectivity index (χ1) is 30.6. The van der Waals surface area contributed by atoms with Gasteiger partial charge in [-0.05, 0) is 33.1 Å². The fourth-order valence-corrected chi connectivity index (χ4v) is 7.97. The van der Waals surface area contributed by atoms with E-state index < -0.39 is 147 Å². The van der Waals surface area contributed by atoms with Crippen LogP contribution in [0.25, 0.3) is 0 Å². The Morgan fingerprint density at radius 1 is 0.662 bits per heavy atom. The average molecular weight is 924 g/mol. The molecule has 2 bridgehead atoms. The fourth-order valence-electron chi connectivity index (χ4n) is 7.97. The van der Waals surface area contributed by atoms with Crippen molar-refractivity contribution in [3.05, 3.63) is 85.1 Å². The molecule has 0 aromatic rings. The van der Waals surface area contributed by atoms with Gasteiger partial charge in [-0.3, -0.25) is 9.59 Å². The Balaban J connectivity index is 1.86. The van der Waals surface area contributed by atoms with E-state index in [0.717, 1.165) is 0 Å². The maximum Gasteiger partial charge on any atom is 0.311 e. The average Bonchev–Trinajstić information content (AvgIpc) is 3.21. The van der Waals surface area contributed by atoms with Crippen molar-refractivity contribution in [1.82, 2.24) is 0 Å². The normalized spacial score (nSPS) is 45.5. The predicted molar refractivity (Wildman–Crippen MR) is 237 cm³/mol. The van der Waals surface area contributed by atoms with E-state index in [-0.39, 0.29) is 31.6 Å². The molecule has 0 aliphatic carbocycles. The Labute approximate surface area is 381 Å². The second kappa shape index (κ2) is 27.4. The van der Waals surface area contributed by atoms with Crippen LogP contribution in [0.15, 0.2) is 85.1 Å². The minimum Gasteiger partial charge on any atom is -0.481 e. The van der Waals surface area contributed by atoms with E-state index in [0.29, 0.717) is 0 Å². The van der Waals surface area contributed by atoms with Crippen molar-refractivity contribution < 1.29 is 84.7 Å². The zero-order chi connectivity index (χ0) is 48.4. The molecule has 0 radical (unpaired) electrons. The predicted octanol–water partition coefficient (Wildman–Crippen LogP) is 0.712. The molecule has 3 aliphatic rings. The molecule has 3 heterocycles. The van der Waals surface area contributed by atoms with Crippen molar-refractivity contribution in [1.29, 1.82) is 0 Å². The number of aliphatic hydroxyl groups is 10. The van der Waals surface area contributed by atoms with Gasteiger partial charge in [0.25, 0.3) is 0 Å². The number of ether oxygens (including phenoxy) is 4. The summed E-state index contributed by atoms with van der Waals surface area (Å²) in [6.07, 6.45) is 3.46. The molecule has 18 nitrogen and oxygen atoms in total. The standard InChI is InChI=1S/C47H73NO17/c1-27-17-15-13-11-9-7-5-6-8-10-12-14-16-18-34(64-46-44(58)41(48)43(57)30(4)63-46)24-38-40(45(59)60)37(54)26-47(61,65-38)25-33(51)22-36(53)35(52)20-19-31(49)21-32(50)23-39(55)62-29(3)28(2)42(27)56/h5-18,27-38,40-44,46,49-54,56-58,61H,19-26,48H2,1-4H3,(H,59,60)/b6-5-,9-7-,10-8-,13-11-,14-12-,17-15-,18-16-. The first-order valence-corrected chi connectivity index (χ1v) is 22.3. The Kier molecular flexibility index (Phi) is 23.6. The minimum absolute atomic E-state index is 0.107. The molecule has 19 unspecified atom stereocenters. The number of aliphatic carboxylic acids is 1. The second-order valence-electron chi connectivity index (χ2n) is 17.6. The molecule has 19 atom stereocenters. The van der Waals surface area contributed by atoms with Crippen LogP contribution in [-0.4, -0.2) is 166 Å². The number of hydrogen-bond acceptors (Lipinski definition) is 17. The number of carboxylic acids is 1. The number of esters is 1. The molecule has 0 spiro atoms. The van der Waals surface area contributed by atoms with E-state index in [1.165, 1.54) is 13.0 Å². The van der Waals surface area contributed by atoms with Gasteiger partial charge in [-0.15, -0.1) is 0 Å². The molecule has 0 aromatic carbocycles. The number of fused-ring (bicyclic) bond motifs is 2. The highest BCUT2D eigenvalue weighted by Gasteiger charge is 2.51. The zero-order valence-corrected chi connectivity index (χ0v) is 37.6. The summed E-state index contributed by atoms with van der Waals surface area (Å²) in [6.45, 7) is 6.74. The largest absolute Gasteiger partial charge is 0.481 e.